The van der Waals surface area contributed by atoms with Gasteiger partial charge in [0, 0.05) is 5.41 Å². The van der Waals surface area contributed by atoms with E-state index in [0.717, 1.165) is 19.3 Å². The van der Waals surface area contributed by atoms with Gasteiger partial charge in [0.15, 0.2) is 5.78 Å². The van der Waals surface area contributed by atoms with Gasteiger partial charge in [0.05, 0.1) is 23.2 Å². The number of rotatable bonds is 1. The van der Waals surface area contributed by atoms with Gasteiger partial charge in [0.1, 0.15) is 6.07 Å². The molecule has 0 spiro atoms. The minimum absolute atomic E-state index is 0.0794. The van der Waals surface area contributed by atoms with Crippen molar-refractivity contribution in [1.82, 2.24) is 0 Å². The van der Waals surface area contributed by atoms with Gasteiger partial charge in [-0.05, 0) is 33.1 Å². The Labute approximate surface area is 109 Å². The highest BCUT2D eigenvalue weighted by atomic mass is 16.5. The molecule has 18 heavy (non-hydrogen) atoms. The number of hydrogen-bond donors (Lipinski definition) is 0. The molecule has 2 aliphatic rings. The smallest absolute Gasteiger partial charge is 0.181 e. The van der Waals surface area contributed by atoms with E-state index in [4.69, 9.17) is 10.00 Å². The van der Waals surface area contributed by atoms with Gasteiger partial charge in [0.2, 0.25) is 0 Å². The Kier molecular flexibility index (Phi) is 3.11. The van der Waals surface area contributed by atoms with Crippen LogP contribution in [0.1, 0.15) is 47.0 Å². The second-order valence-electron chi connectivity index (χ2n) is 6.31. The van der Waals surface area contributed by atoms with Crippen LogP contribution in [0.4, 0.5) is 0 Å². The molecule has 0 bridgehead atoms. The standard InChI is InChI=1S/C15H21NO2/c1-5-11-6-7-15(4)8-10(9-16)12(17)14(2,3)13(15)18-11/h8,11,13H,5-7H2,1-4H3/t11-,13+,15+/m0/s1. The number of allylic oxidation sites excluding steroid dienone is 1. The van der Waals surface area contributed by atoms with Crippen LogP contribution in [0.5, 0.6) is 0 Å². The summed E-state index contributed by atoms with van der Waals surface area (Å²) in [5, 5.41) is 9.12. The van der Waals surface area contributed by atoms with E-state index in [1.165, 1.54) is 0 Å². The van der Waals surface area contributed by atoms with Gasteiger partial charge < -0.3 is 4.74 Å². The molecule has 1 aliphatic heterocycles. The molecule has 1 heterocycles. The van der Waals surface area contributed by atoms with Crippen LogP contribution in [0, 0.1) is 22.2 Å². The van der Waals surface area contributed by atoms with E-state index in [9.17, 15) is 4.79 Å². The lowest BCUT2D eigenvalue weighted by molar-refractivity contribution is -0.171. The van der Waals surface area contributed by atoms with Crippen molar-refractivity contribution in [1.29, 1.82) is 5.26 Å². The zero-order chi connectivity index (χ0) is 13.6. The van der Waals surface area contributed by atoms with Crippen molar-refractivity contribution in [3.63, 3.8) is 0 Å². The quantitative estimate of drug-likeness (QED) is 0.715. The number of carbonyl (C=O) groups is 1. The third kappa shape index (κ3) is 1.80. The summed E-state index contributed by atoms with van der Waals surface area (Å²) in [7, 11) is 0. The highest BCUT2D eigenvalue weighted by Crippen LogP contribution is 2.50. The Bertz CT molecular complexity index is 444. The molecule has 1 aliphatic carbocycles. The topological polar surface area (TPSA) is 50.1 Å². The fraction of sp³-hybridized carbons (Fsp3) is 0.733. The number of hydrogen-bond acceptors (Lipinski definition) is 3. The molecule has 3 nitrogen and oxygen atoms in total. The number of fused-ring (bicyclic) bond motifs is 1. The second-order valence-corrected chi connectivity index (χ2v) is 6.31. The molecule has 0 aromatic rings. The van der Waals surface area contributed by atoms with Gasteiger partial charge in [-0.2, -0.15) is 5.26 Å². The first-order valence-electron chi connectivity index (χ1n) is 6.68. The lowest BCUT2D eigenvalue weighted by Gasteiger charge is -2.51. The van der Waals surface area contributed by atoms with Crippen LogP contribution in [-0.4, -0.2) is 18.0 Å². The van der Waals surface area contributed by atoms with E-state index in [1.807, 2.05) is 26.0 Å². The predicted octanol–water partition coefficient (Wildman–Crippen LogP) is 3.01. The first-order chi connectivity index (χ1) is 8.35. The van der Waals surface area contributed by atoms with Crippen molar-refractivity contribution >= 4 is 5.78 Å². The van der Waals surface area contributed by atoms with Crippen molar-refractivity contribution in [3.8, 4) is 6.07 Å². The number of nitrogens with zero attached hydrogens (tertiary/aromatic N) is 1. The van der Waals surface area contributed by atoms with Gasteiger partial charge in [0.25, 0.3) is 0 Å². The monoisotopic (exact) mass is 247 g/mol. The van der Waals surface area contributed by atoms with Crippen LogP contribution in [-0.2, 0) is 9.53 Å². The Balaban J connectivity index is 2.45. The summed E-state index contributed by atoms with van der Waals surface area (Å²) >= 11 is 0. The van der Waals surface area contributed by atoms with Gasteiger partial charge >= 0.3 is 0 Å². The van der Waals surface area contributed by atoms with Crippen LogP contribution in [0.3, 0.4) is 0 Å². The average molecular weight is 247 g/mol. The summed E-state index contributed by atoms with van der Waals surface area (Å²) in [6.07, 6.45) is 4.93. The molecule has 2 rings (SSSR count). The Morgan fingerprint density at radius 3 is 2.72 bits per heavy atom. The van der Waals surface area contributed by atoms with Crippen molar-refractivity contribution in [2.45, 2.75) is 59.2 Å². The predicted molar refractivity (Wildman–Crippen MR) is 68.8 cm³/mol. The largest absolute Gasteiger partial charge is 0.373 e. The number of Topliss-reactive ketones (excluding diaryl/α,β-unsaturated/α-hetero) is 1. The Morgan fingerprint density at radius 2 is 2.17 bits per heavy atom. The van der Waals surface area contributed by atoms with E-state index in [1.54, 1.807) is 0 Å². The summed E-state index contributed by atoms with van der Waals surface area (Å²) in [4.78, 5) is 12.3. The van der Waals surface area contributed by atoms with E-state index in [2.05, 4.69) is 13.8 Å². The molecule has 0 saturated carbocycles. The van der Waals surface area contributed by atoms with Crippen LogP contribution in [0.15, 0.2) is 11.6 Å². The Morgan fingerprint density at radius 1 is 1.50 bits per heavy atom. The molecule has 98 valence electrons. The maximum absolute atomic E-state index is 12.3. The third-order valence-corrected chi connectivity index (χ3v) is 4.47. The van der Waals surface area contributed by atoms with Crippen molar-refractivity contribution < 1.29 is 9.53 Å². The van der Waals surface area contributed by atoms with Crippen LogP contribution < -0.4 is 0 Å². The molecule has 0 unspecified atom stereocenters. The van der Waals surface area contributed by atoms with Gasteiger partial charge in [-0.1, -0.05) is 19.9 Å². The second kappa shape index (κ2) is 4.20. The summed E-state index contributed by atoms with van der Waals surface area (Å²) in [6, 6.07) is 2.05. The highest BCUT2D eigenvalue weighted by molar-refractivity contribution is 6.04. The van der Waals surface area contributed by atoms with E-state index >= 15 is 0 Å². The molecule has 0 aromatic heterocycles. The SMILES string of the molecule is CC[C@H]1CC[C@]2(C)C=C(C#N)C(=O)C(C)(C)[C@H]2O1. The molecule has 3 atom stereocenters. The zero-order valence-electron chi connectivity index (χ0n) is 11.6. The molecular weight excluding hydrogens is 226 g/mol. The van der Waals surface area contributed by atoms with Gasteiger partial charge in [-0.3, -0.25) is 4.79 Å². The van der Waals surface area contributed by atoms with Crippen molar-refractivity contribution in [2.75, 3.05) is 0 Å². The summed E-state index contributed by atoms with van der Waals surface area (Å²) in [6.45, 7) is 8.03. The normalized spacial score (nSPS) is 38.6. The molecule has 0 radical (unpaired) electrons. The summed E-state index contributed by atoms with van der Waals surface area (Å²) in [5.74, 6) is -0.0794. The molecule has 1 fully saturated rings. The van der Waals surface area contributed by atoms with Crippen LogP contribution in [0.25, 0.3) is 0 Å². The van der Waals surface area contributed by atoms with Crippen molar-refractivity contribution in [2.24, 2.45) is 10.8 Å². The fourth-order valence-corrected chi connectivity index (χ4v) is 3.41. The van der Waals surface area contributed by atoms with E-state index in [-0.39, 0.29) is 23.4 Å². The zero-order valence-corrected chi connectivity index (χ0v) is 11.6. The maximum atomic E-state index is 12.3. The third-order valence-electron chi connectivity index (χ3n) is 4.47. The van der Waals surface area contributed by atoms with Gasteiger partial charge in [-0.15, -0.1) is 0 Å². The average Bonchev–Trinajstić information content (AvgIpc) is 2.34. The molecule has 0 N–H and O–H groups in total. The van der Waals surface area contributed by atoms with Gasteiger partial charge in [-0.25, -0.2) is 0 Å². The highest BCUT2D eigenvalue weighted by Gasteiger charge is 2.54. The first-order valence-corrected chi connectivity index (χ1v) is 6.68. The molecule has 3 heteroatoms. The van der Waals surface area contributed by atoms with Crippen LogP contribution in [0.2, 0.25) is 0 Å². The molecule has 1 saturated heterocycles. The molecule has 0 aromatic carbocycles. The summed E-state index contributed by atoms with van der Waals surface area (Å²) < 4.78 is 6.15. The lowest BCUT2D eigenvalue weighted by Crippen LogP contribution is -2.55. The number of ketones is 1. The van der Waals surface area contributed by atoms with Crippen LogP contribution >= 0.6 is 0 Å². The fourth-order valence-electron chi connectivity index (χ4n) is 3.41. The number of nitriles is 1. The van der Waals surface area contributed by atoms with E-state index < -0.39 is 5.41 Å². The minimum atomic E-state index is -0.609. The Hall–Kier alpha value is -1.14. The number of ether oxygens (including phenoxy) is 1. The molecular formula is C15H21NO2. The lowest BCUT2D eigenvalue weighted by atomic mass is 9.60. The minimum Gasteiger partial charge on any atom is -0.373 e. The molecule has 0 amide bonds. The van der Waals surface area contributed by atoms with E-state index in [0.29, 0.717) is 5.57 Å². The first kappa shape index (κ1) is 13.3. The maximum Gasteiger partial charge on any atom is 0.181 e. The summed E-state index contributed by atoms with van der Waals surface area (Å²) in [5.41, 5.74) is -0.492. The number of carbonyl (C=O) groups excluding carboxylic acids is 1. The van der Waals surface area contributed by atoms with Crippen molar-refractivity contribution in [3.05, 3.63) is 11.6 Å².